The van der Waals surface area contributed by atoms with Gasteiger partial charge in [-0.25, -0.2) is 9.48 Å². The maximum Gasteiger partial charge on any atom is 0.404 e. The van der Waals surface area contributed by atoms with Crippen LogP contribution in [0.4, 0.5) is 16.3 Å². The quantitative estimate of drug-likeness (QED) is 0.647. The average molecular weight is 283 g/mol. The van der Waals surface area contributed by atoms with E-state index in [0.29, 0.717) is 31.7 Å². The lowest BCUT2D eigenvalue weighted by Crippen LogP contribution is -2.28. The molecular weight excluding hydrogens is 266 g/mol. The predicted octanol–water partition coefficient (Wildman–Crippen LogP) is 0.783. The van der Waals surface area contributed by atoms with E-state index in [1.165, 1.54) is 10.9 Å². The van der Waals surface area contributed by atoms with Crippen LogP contribution in [-0.4, -0.2) is 40.0 Å². The number of nitrogens with zero attached hydrogens (tertiary/aromatic N) is 4. The summed E-state index contributed by atoms with van der Waals surface area (Å²) in [6.07, 6.45) is 2.29. The molecule has 2 heterocycles. The van der Waals surface area contributed by atoms with Crippen molar-refractivity contribution in [3.8, 4) is 0 Å². The monoisotopic (exact) mass is 283 g/mol. The molecule has 1 unspecified atom stereocenters. The summed E-state index contributed by atoms with van der Waals surface area (Å²) < 4.78 is 6.49. The Balaban J connectivity index is 2.12. The molecular formula is C11H17N5O4. The molecule has 1 saturated heterocycles. The van der Waals surface area contributed by atoms with Crippen molar-refractivity contribution >= 4 is 17.6 Å². The smallest absolute Gasteiger partial charge is 0.404 e. The number of amides is 1. The molecule has 0 radical (unpaired) electrons. The van der Waals surface area contributed by atoms with Gasteiger partial charge in [0.25, 0.3) is 0 Å². The maximum atomic E-state index is 11.0. The van der Waals surface area contributed by atoms with Gasteiger partial charge in [-0.1, -0.05) is 0 Å². The Morgan fingerprint density at radius 1 is 1.55 bits per heavy atom. The summed E-state index contributed by atoms with van der Waals surface area (Å²) in [7, 11) is 1.67. The van der Waals surface area contributed by atoms with E-state index in [1.807, 2.05) is 4.90 Å². The second kappa shape index (κ2) is 5.76. The van der Waals surface area contributed by atoms with Crippen LogP contribution < -0.4 is 10.6 Å². The number of nitro groups is 1. The van der Waals surface area contributed by atoms with E-state index in [-0.39, 0.29) is 11.8 Å². The van der Waals surface area contributed by atoms with Gasteiger partial charge in [-0.05, 0) is 12.8 Å². The Morgan fingerprint density at radius 3 is 2.95 bits per heavy atom. The molecule has 0 saturated carbocycles. The van der Waals surface area contributed by atoms with Gasteiger partial charge in [0.2, 0.25) is 5.82 Å². The summed E-state index contributed by atoms with van der Waals surface area (Å²) in [6, 6.07) is 0. The second-order valence-electron chi connectivity index (χ2n) is 4.71. The van der Waals surface area contributed by atoms with Crippen LogP contribution in [0.5, 0.6) is 0 Å². The average Bonchev–Trinajstić information content (AvgIpc) is 2.60. The third kappa shape index (κ3) is 2.98. The number of aromatic nitrogens is 2. The van der Waals surface area contributed by atoms with E-state index in [1.54, 1.807) is 7.05 Å². The van der Waals surface area contributed by atoms with Gasteiger partial charge in [0.1, 0.15) is 12.3 Å². The van der Waals surface area contributed by atoms with Gasteiger partial charge in [0, 0.05) is 26.6 Å². The third-order valence-electron chi connectivity index (χ3n) is 3.34. The Kier molecular flexibility index (Phi) is 4.06. The number of nitrogens with two attached hydrogens (primary N) is 1. The molecule has 1 aliphatic rings. The summed E-state index contributed by atoms with van der Waals surface area (Å²) in [5.41, 5.74) is 5.00. The molecule has 1 aromatic rings. The van der Waals surface area contributed by atoms with Crippen LogP contribution >= 0.6 is 0 Å². The number of aryl methyl sites for hydroxylation is 1. The molecule has 1 aliphatic heterocycles. The van der Waals surface area contributed by atoms with Crippen molar-refractivity contribution in [2.45, 2.75) is 25.4 Å². The van der Waals surface area contributed by atoms with Crippen molar-refractivity contribution in [1.82, 2.24) is 9.78 Å². The summed E-state index contributed by atoms with van der Waals surface area (Å²) in [6.45, 7) is 1.21. The Bertz CT molecular complexity index is 515. The third-order valence-corrected chi connectivity index (χ3v) is 3.34. The largest absolute Gasteiger partial charge is 0.446 e. The standard InChI is InChI=1S/C11H17N5O4/c1-14-10(9(7-13-14)16(18)19)15-5-2-3-8(4-6-15)20-11(12)17/h7-8H,2-6H2,1H3,(H2,12,17). The van der Waals surface area contributed by atoms with E-state index in [9.17, 15) is 14.9 Å². The van der Waals surface area contributed by atoms with Crippen LogP contribution in [0, 0.1) is 10.1 Å². The molecule has 9 nitrogen and oxygen atoms in total. The lowest BCUT2D eigenvalue weighted by molar-refractivity contribution is -0.384. The number of ether oxygens (including phenoxy) is 1. The van der Waals surface area contributed by atoms with Crippen LogP contribution in [0.3, 0.4) is 0 Å². The predicted molar refractivity (Wildman–Crippen MR) is 70.4 cm³/mol. The zero-order valence-corrected chi connectivity index (χ0v) is 11.2. The van der Waals surface area contributed by atoms with Gasteiger partial charge in [-0.15, -0.1) is 0 Å². The molecule has 0 aliphatic carbocycles. The van der Waals surface area contributed by atoms with E-state index in [2.05, 4.69) is 5.10 Å². The van der Waals surface area contributed by atoms with Gasteiger partial charge < -0.3 is 15.4 Å². The minimum atomic E-state index is -0.782. The molecule has 0 bridgehead atoms. The van der Waals surface area contributed by atoms with Crippen molar-refractivity contribution in [3.63, 3.8) is 0 Å². The number of primary amides is 1. The number of carbonyl (C=O) groups is 1. The highest BCUT2D eigenvalue weighted by Crippen LogP contribution is 2.29. The van der Waals surface area contributed by atoms with Crippen LogP contribution in [-0.2, 0) is 11.8 Å². The fourth-order valence-electron chi connectivity index (χ4n) is 2.47. The van der Waals surface area contributed by atoms with Crippen LogP contribution in [0.1, 0.15) is 19.3 Å². The lowest BCUT2D eigenvalue weighted by Gasteiger charge is -2.21. The first kappa shape index (κ1) is 14.1. The summed E-state index contributed by atoms with van der Waals surface area (Å²) >= 11 is 0. The molecule has 1 atom stereocenters. The van der Waals surface area contributed by atoms with Crippen molar-refractivity contribution in [3.05, 3.63) is 16.3 Å². The van der Waals surface area contributed by atoms with Gasteiger partial charge >= 0.3 is 11.8 Å². The van der Waals surface area contributed by atoms with Gasteiger partial charge in [0.05, 0.1) is 4.92 Å². The van der Waals surface area contributed by atoms with E-state index < -0.39 is 11.0 Å². The van der Waals surface area contributed by atoms with Crippen molar-refractivity contribution in [2.75, 3.05) is 18.0 Å². The lowest BCUT2D eigenvalue weighted by atomic mass is 10.2. The molecule has 9 heteroatoms. The Morgan fingerprint density at radius 2 is 2.30 bits per heavy atom. The SMILES string of the molecule is Cn1ncc([N+](=O)[O-])c1N1CCCC(OC(N)=O)CC1. The highest BCUT2D eigenvalue weighted by molar-refractivity contribution is 5.64. The number of carbonyl (C=O) groups excluding carboxylic acids is 1. The van der Waals surface area contributed by atoms with E-state index >= 15 is 0 Å². The zero-order valence-electron chi connectivity index (χ0n) is 11.2. The molecule has 1 fully saturated rings. The molecule has 1 amide bonds. The minimum absolute atomic E-state index is 0.0123. The van der Waals surface area contributed by atoms with Gasteiger partial charge in [-0.2, -0.15) is 5.10 Å². The summed E-state index contributed by atoms with van der Waals surface area (Å²) in [5.74, 6) is 0.481. The van der Waals surface area contributed by atoms with Crippen LogP contribution in [0.15, 0.2) is 6.20 Å². The van der Waals surface area contributed by atoms with Gasteiger partial charge in [0.15, 0.2) is 0 Å². The normalized spacial score (nSPS) is 19.4. The second-order valence-corrected chi connectivity index (χ2v) is 4.71. The fourth-order valence-corrected chi connectivity index (χ4v) is 2.47. The molecule has 0 aromatic carbocycles. The number of anilines is 1. The summed E-state index contributed by atoms with van der Waals surface area (Å²) in [4.78, 5) is 23.2. The first-order valence-corrected chi connectivity index (χ1v) is 6.36. The highest BCUT2D eigenvalue weighted by atomic mass is 16.6. The summed E-state index contributed by atoms with van der Waals surface area (Å²) in [5, 5.41) is 15.0. The maximum absolute atomic E-state index is 11.0. The molecule has 2 rings (SSSR count). The first-order valence-electron chi connectivity index (χ1n) is 6.36. The van der Waals surface area contributed by atoms with E-state index in [4.69, 9.17) is 10.5 Å². The molecule has 1 aromatic heterocycles. The fraction of sp³-hybridized carbons (Fsp3) is 0.636. The van der Waals surface area contributed by atoms with Crippen molar-refractivity contribution < 1.29 is 14.5 Å². The Labute approximate surface area is 115 Å². The molecule has 0 spiro atoms. The number of hydrogen-bond acceptors (Lipinski definition) is 6. The van der Waals surface area contributed by atoms with Gasteiger partial charge in [-0.3, -0.25) is 10.1 Å². The molecule has 2 N–H and O–H groups in total. The Hall–Kier alpha value is -2.32. The van der Waals surface area contributed by atoms with Crippen molar-refractivity contribution in [2.24, 2.45) is 12.8 Å². The van der Waals surface area contributed by atoms with Crippen LogP contribution in [0.2, 0.25) is 0 Å². The zero-order chi connectivity index (χ0) is 14.7. The first-order chi connectivity index (χ1) is 9.49. The minimum Gasteiger partial charge on any atom is -0.446 e. The number of rotatable bonds is 3. The molecule has 20 heavy (non-hydrogen) atoms. The van der Waals surface area contributed by atoms with E-state index in [0.717, 1.165) is 6.42 Å². The molecule has 110 valence electrons. The van der Waals surface area contributed by atoms with Crippen molar-refractivity contribution in [1.29, 1.82) is 0 Å². The van der Waals surface area contributed by atoms with Crippen LogP contribution in [0.25, 0.3) is 0 Å². The number of hydrogen-bond donors (Lipinski definition) is 1. The highest BCUT2D eigenvalue weighted by Gasteiger charge is 2.27. The topological polar surface area (TPSA) is 117 Å².